The zero-order valence-corrected chi connectivity index (χ0v) is 7.70. The van der Waals surface area contributed by atoms with E-state index in [1.807, 2.05) is 12.2 Å². The average Bonchev–Trinajstić information content (AvgIpc) is 2.52. The van der Waals surface area contributed by atoms with Crippen LogP contribution in [0.15, 0.2) is 12.2 Å². The molecule has 0 fully saturated rings. The van der Waals surface area contributed by atoms with Gasteiger partial charge in [-0.1, -0.05) is 12.2 Å². The molecule has 1 rings (SSSR count). The zero-order valence-electron chi connectivity index (χ0n) is 7.70. The monoisotopic (exact) mass is 183 g/mol. The predicted molar refractivity (Wildman–Crippen MR) is 51.9 cm³/mol. The van der Waals surface area contributed by atoms with E-state index in [0.717, 1.165) is 12.8 Å². The van der Waals surface area contributed by atoms with Gasteiger partial charge >= 0.3 is 0 Å². The number of rotatable bonds is 4. The first-order valence-electron chi connectivity index (χ1n) is 4.65. The van der Waals surface area contributed by atoms with Crippen LogP contribution < -0.4 is 16.8 Å². The van der Waals surface area contributed by atoms with Crippen molar-refractivity contribution in [1.29, 1.82) is 0 Å². The van der Waals surface area contributed by atoms with Gasteiger partial charge in [0, 0.05) is 12.6 Å². The van der Waals surface area contributed by atoms with Crippen LogP contribution in [0.4, 0.5) is 0 Å². The molecule has 5 N–H and O–H groups in total. The van der Waals surface area contributed by atoms with Gasteiger partial charge in [0.1, 0.15) is 0 Å². The fourth-order valence-corrected chi connectivity index (χ4v) is 1.37. The number of carbonyl (C=O) groups excluding carboxylic acids is 1. The molecule has 2 atom stereocenters. The van der Waals surface area contributed by atoms with Crippen LogP contribution >= 0.6 is 0 Å². The summed E-state index contributed by atoms with van der Waals surface area (Å²) < 4.78 is 0. The van der Waals surface area contributed by atoms with Gasteiger partial charge in [-0.05, 0) is 19.4 Å². The van der Waals surface area contributed by atoms with Gasteiger partial charge < -0.3 is 16.8 Å². The lowest BCUT2D eigenvalue weighted by molar-refractivity contribution is -0.123. The molecule has 0 aromatic carbocycles. The highest BCUT2D eigenvalue weighted by molar-refractivity contribution is 5.81. The lowest BCUT2D eigenvalue weighted by Gasteiger charge is -2.09. The number of carbonyl (C=O) groups is 1. The largest absolute Gasteiger partial charge is 0.356 e. The number of nitrogens with two attached hydrogens (primary N) is 2. The van der Waals surface area contributed by atoms with Crippen molar-refractivity contribution < 1.29 is 4.79 Å². The second-order valence-corrected chi connectivity index (χ2v) is 3.32. The van der Waals surface area contributed by atoms with Gasteiger partial charge in [0.05, 0.1) is 5.92 Å². The Bertz CT molecular complexity index is 203. The molecule has 1 aliphatic carbocycles. The Labute approximate surface area is 78.4 Å². The summed E-state index contributed by atoms with van der Waals surface area (Å²) in [6.45, 7) is 1.27. The van der Waals surface area contributed by atoms with Crippen molar-refractivity contribution in [1.82, 2.24) is 5.32 Å². The smallest absolute Gasteiger partial charge is 0.226 e. The van der Waals surface area contributed by atoms with E-state index in [-0.39, 0.29) is 17.9 Å². The van der Waals surface area contributed by atoms with E-state index in [9.17, 15) is 4.79 Å². The highest BCUT2D eigenvalue weighted by Crippen LogP contribution is 2.15. The van der Waals surface area contributed by atoms with Crippen LogP contribution in [0.25, 0.3) is 0 Å². The number of nitrogens with one attached hydrogen (secondary N) is 1. The van der Waals surface area contributed by atoms with E-state index in [2.05, 4.69) is 5.32 Å². The predicted octanol–water partition coefficient (Wildman–Crippen LogP) is -0.645. The standard InChI is InChI=1S/C9H17N3O/c10-4-1-5-12-9(13)7-2-3-8(11)6-7/h2-3,7-8H,1,4-6,10-11H2,(H,12,13). The van der Waals surface area contributed by atoms with Crippen LogP contribution in [-0.2, 0) is 4.79 Å². The minimum Gasteiger partial charge on any atom is -0.356 e. The molecule has 74 valence electrons. The molecule has 2 unspecified atom stereocenters. The Balaban J connectivity index is 2.21. The SMILES string of the molecule is NCCCNC(=O)C1C=CC(N)C1. The van der Waals surface area contributed by atoms with Crippen molar-refractivity contribution in [3.05, 3.63) is 12.2 Å². The van der Waals surface area contributed by atoms with Crippen molar-refractivity contribution in [3.8, 4) is 0 Å². The summed E-state index contributed by atoms with van der Waals surface area (Å²) in [5.74, 6) is 0.0328. The fraction of sp³-hybridized carbons (Fsp3) is 0.667. The summed E-state index contributed by atoms with van der Waals surface area (Å²) in [6, 6.07) is 0.0465. The highest BCUT2D eigenvalue weighted by Gasteiger charge is 2.21. The Morgan fingerprint density at radius 3 is 2.85 bits per heavy atom. The second kappa shape index (κ2) is 4.99. The molecule has 0 aromatic heterocycles. The lowest BCUT2D eigenvalue weighted by atomic mass is 10.1. The Hall–Kier alpha value is -0.870. The molecule has 0 heterocycles. The summed E-state index contributed by atoms with van der Waals surface area (Å²) in [6.07, 6.45) is 5.32. The van der Waals surface area contributed by atoms with Crippen LogP contribution in [0, 0.1) is 5.92 Å². The zero-order chi connectivity index (χ0) is 9.68. The quantitative estimate of drug-likeness (QED) is 0.400. The topological polar surface area (TPSA) is 81.1 Å². The van der Waals surface area contributed by atoms with Crippen LogP contribution in [-0.4, -0.2) is 25.0 Å². The molecule has 0 spiro atoms. The lowest BCUT2D eigenvalue weighted by Crippen LogP contribution is -2.32. The van der Waals surface area contributed by atoms with Gasteiger partial charge in [-0.3, -0.25) is 4.79 Å². The summed E-state index contributed by atoms with van der Waals surface area (Å²) in [5.41, 5.74) is 10.9. The molecule has 1 aliphatic rings. The van der Waals surface area contributed by atoms with E-state index in [1.165, 1.54) is 0 Å². The molecule has 0 bridgehead atoms. The molecule has 4 nitrogen and oxygen atoms in total. The van der Waals surface area contributed by atoms with Gasteiger partial charge in [-0.2, -0.15) is 0 Å². The molecular weight excluding hydrogens is 166 g/mol. The van der Waals surface area contributed by atoms with Gasteiger partial charge in [0.2, 0.25) is 5.91 Å². The Morgan fingerprint density at radius 2 is 2.31 bits per heavy atom. The minimum absolute atomic E-state index is 0.0345. The summed E-state index contributed by atoms with van der Waals surface area (Å²) in [7, 11) is 0. The first-order valence-corrected chi connectivity index (χ1v) is 4.65. The molecule has 13 heavy (non-hydrogen) atoms. The van der Waals surface area contributed by atoms with Crippen LogP contribution in [0.5, 0.6) is 0 Å². The van der Waals surface area contributed by atoms with Crippen LogP contribution in [0.2, 0.25) is 0 Å². The maximum atomic E-state index is 11.4. The van der Waals surface area contributed by atoms with E-state index < -0.39 is 0 Å². The molecule has 4 heteroatoms. The number of amides is 1. The van der Waals surface area contributed by atoms with Crippen molar-refractivity contribution in [2.75, 3.05) is 13.1 Å². The fourth-order valence-electron chi connectivity index (χ4n) is 1.37. The molecule has 0 saturated carbocycles. The van der Waals surface area contributed by atoms with E-state index in [1.54, 1.807) is 0 Å². The third kappa shape index (κ3) is 3.16. The van der Waals surface area contributed by atoms with Crippen LogP contribution in [0.1, 0.15) is 12.8 Å². The summed E-state index contributed by atoms with van der Waals surface area (Å²) in [4.78, 5) is 11.4. The van der Waals surface area contributed by atoms with Gasteiger partial charge in [0.25, 0.3) is 0 Å². The maximum Gasteiger partial charge on any atom is 0.226 e. The average molecular weight is 183 g/mol. The summed E-state index contributed by atoms with van der Waals surface area (Å²) in [5, 5.41) is 2.82. The summed E-state index contributed by atoms with van der Waals surface area (Å²) >= 11 is 0. The third-order valence-electron chi connectivity index (χ3n) is 2.13. The first kappa shape index (κ1) is 10.2. The molecule has 0 aromatic rings. The molecule has 0 radical (unpaired) electrons. The third-order valence-corrected chi connectivity index (χ3v) is 2.13. The highest BCUT2D eigenvalue weighted by atomic mass is 16.1. The Kier molecular flexibility index (Phi) is 3.92. The van der Waals surface area contributed by atoms with E-state index in [4.69, 9.17) is 11.5 Å². The van der Waals surface area contributed by atoms with Crippen molar-refractivity contribution in [3.63, 3.8) is 0 Å². The molecule has 0 aliphatic heterocycles. The number of hydrogen-bond acceptors (Lipinski definition) is 3. The molecule has 0 saturated heterocycles. The van der Waals surface area contributed by atoms with Gasteiger partial charge in [-0.15, -0.1) is 0 Å². The van der Waals surface area contributed by atoms with E-state index in [0.29, 0.717) is 13.1 Å². The molecule has 1 amide bonds. The molecular formula is C9H17N3O. The normalized spacial score (nSPS) is 26.3. The minimum atomic E-state index is -0.0345. The first-order chi connectivity index (χ1) is 6.24. The Morgan fingerprint density at radius 1 is 1.54 bits per heavy atom. The van der Waals surface area contributed by atoms with Gasteiger partial charge in [-0.25, -0.2) is 0 Å². The van der Waals surface area contributed by atoms with Crippen LogP contribution in [0.3, 0.4) is 0 Å². The maximum absolute atomic E-state index is 11.4. The second-order valence-electron chi connectivity index (χ2n) is 3.32. The van der Waals surface area contributed by atoms with Crippen molar-refractivity contribution in [2.45, 2.75) is 18.9 Å². The van der Waals surface area contributed by atoms with Crippen molar-refractivity contribution >= 4 is 5.91 Å². The van der Waals surface area contributed by atoms with Crippen molar-refractivity contribution in [2.24, 2.45) is 17.4 Å². The van der Waals surface area contributed by atoms with Gasteiger partial charge in [0.15, 0.2) is 0 Å². The number of hydrogen-bond donors (Lipinski definition) is 3. The van der Waals surface area contributed by atoms with E-state index >= 15 is 0 Å².